The first-order valence-corrected chi connectivity index (χ1v) is 7.66. The lowest BCUT2D eigenvalue weighted by molar-refractivity contribution is -0.141. The maximum Gasteiger partial charge on any atom is 0.306 e. The maximum atomic E-state index is 13.5. The highest BCUT2D eigenvalue weighted by Gasteiger charge is 2.44. The molecule has 0 radical (unpaired) electrons. The van der Waals surface area contributed by atoms with Crippen LogP contribution in [0, 0.1) is 11.2 Å². The Bertz CT molecular complexity index is 475. The van der Waals surface area contributed by atoms with Crippen LogP contribution in [0.25, 0.3) is 0 Å². The zero-order valence-corrected chi connectivity index (χ0v) is 12.3. The van der Waals surface area contributed by atoms with Gasteiger partial charge in [0.05, 0.1) is 13.5 Å². The summed E-state index contributed by atoms with van der Waals surface area (Å²) in [7, 11) is 1.41. The highest BCUT2D eigenvalue weighted by atomic mass is 35.5. The molecule has 2 rings (SSSR count). The smallest absolute Gasteiger partial charge is 0.306 e. The van der Waals surface area contributed by atoms with Crippen molar-refractivity contribution >= 4 is 29.3 Å². The number of thioether (sulfide) groups is 1. The van der Waals surface area contributed by atoms with Crippen LogP contribution in [0.4, 0.5) is 4.39 Å². The van der Waals surface area contributed by atoms with Crippen LogP contribution in [-0.2, 0) is 15.3 Å². The molecule has 0 bridgehead atoms. The number of benzene rings is 1. The molecular weight excluding hydrogens is 287 g/mol. The Morgan fingerprint density at radius 2 is 2.26 bits per heavy atom. The number of halogens is 2. The molecular formula is C14H16ClFO2S. The molecule has 0 spiro atoms. The van der Waals surface area contributed by atoms with Gasteiger partial charge in [0.15, 0.2) is 0 Å². The van der Waals surface area contributed by atoms with Gasteiger partial charge in [0, 0.05) is 10.8 Å². The van der Waals surface area contributed by atoms with E-state index < -0.39 is 0 Å². The molecule has 1 saturated carbocycles. The van der Waals surface area contributed by atoms with Crippen molar-refractivity contribution in [3.05, 3.63) is 34.6 Å². The predicted octanol–water partition coefficient (Wildman–Crippen LogP) is 4.06. The minimum Gasteiger partial charge on any atom is -0.469 e. The average Bonchev–Trinajstić information content (AvgIpc) is 3.13. The van der Waals surface area contributed by atoms with Crippen molar-refractivity contribution in [1.29, 1.82) is 0 Å². The molecule has 0 unspecified atom stereocenters. The molecule has 1 aromatic rings. The Morgan fingerprint density at radius 1 is 1.53 bits per heavy atom. The minimum atomic E-state index is -0.227. The Balaban J connectivity index is 1.83. The van der Waals surface area contributed by atoms with Crippen LogP contribution in [0.1, 0.15) is 24.8 Å². The van der Waals surface area contributed by atoms with Crippen molar-refractivity contribution in [3.8, 4) is 0 Å². The summed E-state index contributed by atoms with van der Waals surface area (Å²) >= 11 is 7.49. The molecule has 2 nitrogen and oxygen atoms in total. The van der Waals surface area contributed by atoms with E-state index in [1.165, 1.54) is 13.2 Å². The SMILES string of the molecule is COC(=O)CC1(CSCc2cc(Cl)ccc2F)CC1. The molecule has 0 amide bonds. The maximum absolute atomic E-state index is 13.5. The molecule has 0 aromatic heterocycles. The number of hydrogen-bond acceptors (Lipinski definition) is 3. The van der Waals surface area contributed by atoms with Crippen molar-refractivity contribution < 1.29 is 13.9 Å². The third kappa shape index (κ3) is 4.11. The summed E-state index contributed by atoms with van der Waals surface area (Å²) < 4.78 is 18.2. The Kier molecular flexibility index (Phi) is 4.74. The van der Waals surface area contributed by atoms with Crippen LogP contribution in [0.2, 0.25) is 5.02 Å². The van der Waals surface area contributed by atoms with Gasteiger partial charge < -0.3 is 4.74 Å². The molecule has 5 heteroatoms. The van der Waals surface area contributed by atoms with Crippen molar-refractivity contribution in [2.24, 2.45) is 5.41 Å². The third-order valence-corrected chi connectivity index (χ3v) is 4.94. The summed E-state index contributed by atoms with van der Waals surface area (Å²) in [4.78, 5) is 11.3. The largest absolute Gasteiger partial charge is 0.469 e. The second-order valence-electron chi connectivity index (χ2n) is 4.98. The topological polar surface area (TPSA) is 26.3 Å². The highest BCUT2D eigenvalue weighted by molar-refractivity contribution is 7.98. The van der Waals surface area contributed by atoms with E-state index in [1.54, 1.807) is 23.9 Å². The summed E-state index contributed by atoms with van der Waals surface area (Å²) in [6.45, 7) is 0. The summed E-state index contributed by atoms with van der Waals surface area (Å²) in [6.07, 6.45) is 2.56. The number of carbonyl (C=O) groups is 1. The van der Waals surface area contributed by atoms with Gasteiger partial charge in [-0.05, 0) is 47.8 Å². The number of carbonyl (C=O) groups excluding carboxylic acids is 1. The summed E-state index contributed by atoms with van der Waals surface area (Å²) in [6, 6.07) is 4.59. The van der Waals surface area contributed by atoms with Gasteiger partial charge in [0.1, 0.15) is 5.82 Å². The quantitative estimate of drug-likeness (QED) is 0.741. The van der Waals surface area contributed by atoms with E-state index in [0.717, 1.165) is 18.6 Å². The number of methoxy groups -OCH3 is 1. The summed E-state index contributed by atoms with van der Waals surface area (Å²) in [5.41, 5.74) is 0.693. The van der Waals surface area contributed by atoms with Gasteiger partial charge in [0.25, 0.3) is 0 Å². The van der Waals surface area contributed by atoms with Crippen LogP contribution in [0.5, 0.6) is 0 Å². The molecule has 104 valence electrons. The molecule has 0 heterocycles. The molecule has 0 aliphatic heterocycles. The van der Waals surface area contributed by atoms with Crippen LogP contribution in [-0.4, -0.2) is 18.8 Å². The lowest BCUT2D eigenvalue weighted by Gasteiger charge is -2.13. The van der Waals surface area contributed by atoms with E-state index in [4.69, 9.17) is 16.3 Å². The van der Waals surface area contributed by atoms with Gasteiger partial charge >= 0.3 is 5.97 Å². The first-order chi connectivity index (χ1) is 9.04. The van der Waals surface area contributed by atoms with E-state index in [0.29, 0.717) is 22.8 Å². The highest BCUT2D eigenvalue weighted by Crippen LogP contribution is 2.51. The summed E-state index contributed by atoms with van der Waals surface area (Å²) in [5, 5.41) is 0.549. The van der Waals surface area contributed by atoms with Crippen LogP contribution >= 0.6 is 23.4 Å². The molecule has 19 heavy (non-hydrogen) atoms. The Hall–Kier alpha value is -0.740. The van der Waals surface area contributed by atoms with E-state index in [-0.39, 0.29) is 17.2 Å². The van der Waals surface area contributed by atoms with Crippen LogP contribution in [0.15, 0.2) is 18.2 Å². The van der Waals surface area contributed by atoms with Gasteiger partial charge in [-0.2, -0.15) is 11.8 Å². The van der Waals surface area contributed by atoms with Gasteiger partial charge in [-0.1, -0.05) is 11.6 Å². The van der Waals surface area contributed by atoms with Crippen molar-refractivity contribution in [2.45, 2.75) is 25.0 Å². The van der Waals surface area contributed by atoms with E-state index in [2.05, 4.69) is 0 Å². The standard InChI is InChI=1S/C14H16ClFO2S/c1-18-13(17)7-14(4-5-14)9-19-8-10-6-11(15)2-3-12(10)16/h2-3,6H,4-5,7-9H2,1H3. The minimum absolute atomic E-state index is 0.0762. The van der Waals surface area contributed by atoms with E-state index in [1.807, 2.05) is 0 Å². The first kappa shape index (κ1) is 14.7. The fourth-order valence-corrected chi connectivity index (χ4v) is 3.52. The number of rotatable bonds is 6. The predicted molar refractivity (Wildman–Crippen MR) is 75.9 cm³/mol. The summed E-state index contributed by atoms with van der Waals surface area (Å²) in [5.74, 6) is 1.05. The number of hydrogen-bond donors (Lipinski definition) is 0. The van der Waals surface area contributed by atoms with Gasteiger partial charge in [-0.25, -0.2) is 4.39 Å². The first-order valence-electron chi connectivity index (χ1n) is 6.13. The Morgan fingerprint density at radius 3 is 2.89 bits per heavy atom. The fourth-order valence-electron chi connectivity index (χ4n) is 1.96. The lowest BCUT2D eigenvalue weighted by Crippen LogP contribution is -2.13. The van der Waals surface area contributed by atoms with Crippen LogP contribution < -0.4 is 0 Å². The Labute approximate surface area is 121 Å². The lowest BCUT2D eigenvalue weighted by atomic mass is 10.1. The number of esters is 1. The van der Waals surface area contributed by atoms with E-state index >= 15 is 0 Å². The fraction of sp³-hybridized carbons (Fsp3) is 0.500. The average molecular weight is 303 g/mol. The van der Waals surface area contributed by atoms with Crippen molar-refractivity contribution in [1.82, 2.24) is 0 Å². The zero-order chi connectivity index (χ0) is 13.9. The number of ether oxygens (including phenoxy) is 1. The molecule has 1 aliphatic carbocycles. The van der Waals surface area contributed by atoms with Gasteiger partial charge in [-0.15, -0.1) is 0 Å². The zero-order valence-electron chi connectivity index (χ0n) is 10.7. The van der Waals surface area contributed by atoms with Gasteiger partial charge in [-0.3, -0.25) is 4.79 Å². The second-order valence-corrected chi connectivity index (χ2v) is 6.40. The second kappa shape index (κ2) is 6.14. The van der Waals surface area contributed by atoms with Crippen LogP contribution in [0.3, 0.4) is 0 Å². The normalized spacial score (nSPS) is 16.2. The van der Waals surface area contributed by atoms with Crippen molar-refractivity contribution in [3.63, 3.8) is 0 Å². The molecule has 1 aliphatic rings. The van der Waals surface area contributed by atoms with Gasteiger partial charge in [0.2, 0.25) is 0 Å². The molecule has 0 atom stereocenters. The molecule has 0 saturated heterocycles. The monoisotopic (exact) mass is 302 g/mol. The molecule has 1 fully saturated rings. The van der Waals surface area contributed by atoms with Crippen molar-refractivity contribution in [2.75, 3.05) is 12.9 Å². The molecule has 1 aromatic carbocycles. The third-order valence-electron chi connectivity index (χ3n) is 3.38. The molecule has 0 N–H and O–H groups in total. The van der Waals surface area contributed by atoms with E-state index in [9.17, 15) is 9.18 Å².